The van der Waals surface area contributed by atoms with Crippen LogP contribution < -0.4 is 10.6 Å². The second-order valence-corrected chi connectivity index (χ2v) is 6.14. The van der Waals surface area contributed by atoms with Gasteiger partial charge < -0.3 is 24.8 Å². The smallest absolute Gasteiger partial charge is 0.409 e. The van der Waals surface area contributed by atoms with Crippen molar-refractivity contribution in [3.8, 4) is 0 Å². The van der Waals surface area contributed by atoms with Gasteiger partial charge in [-0.15, -0.1) is 0 Å². The largest absolute Gasteiger partial charge is 0.464 e. The molecule has 2 rings (SSSR count). The number of alkyl carbamates (subject to hydrolysis) is 1. The zero-order valence-corrected chi connectivity index (χ0v) is 15.6. The normalized spacial score (nSPS) is 18.9. The second kappa shape index (κ2) is 10.5. The maximum absolute atomic E-state index is 12.2. The van der Waals surface area contributed by atoms with Gasteiger partial charge in [-0.05, 0) is 25.3 Å². The summed E-state index contributed by atoms with van der Waals surface area (Å²) in [4.78, 5) is 35.8. The Morgan fingerprint density at radius 1 is 1.07 bits per heavy atom. The molecule has 8 heteroatoms. The third kappa shape index (κ3) is 6.90. The van der Waals surface area contributed by atoms with Crippen LogP contribution >= 0.6 is 0 Å². The van der Waals surface area contributed by atoms with E-state index in [-0.39, 0.29) is 13.2 Å². The van der Waals surface area contributed by atoms with Gasteiger partial charge in [0.25, 0.3) is 5.91 Å². The molecule has 1 aromatic carbocycles. The standard InChI is InChI=1S/C19H26N2O6/c1-3-5-11-14(20-17(22)15-16(27-15)18(23)25-4-2)21-19(24)26-12-13-9-7-6-8-10-13/h6-10,14-16H,3-5,11-12H2,1-2H3,(H,20,22)(H,21,24). The number of ether oxygens (including phenoxy) is 3. The Kier molecular flexibility index (Phi) is 8.06. The molecule has 0 spiro atoms. The Bertz CT molecular complexity index is 636. The Balaban J connectivity index is 1.80. The number of epoxide rings is 1. The van der Waals surface area contributed by atoms with E-state index in [0.29, 0.717) is 6.42 Å². The van der Waals surface area contributed by atoms with Gasteiger partial charge >= 0.3 is 12.1 Å². The van der Waals surface area contributed by atoms with Gasteiger partial charge in [-0.2, -0.15) is 0 Å². The van der Waals surface area contributed by atoms with Crippen molar-refractivity contribution in [2.75, 3.05) is 6.61 Å². The van der Waals surface area contributed by atoms with Crippen LogP contribution in [0.3, 0.4) is 0 Å². The lowest BCUT2D eigenvalue weighted by atomic mass is 10.2. The molecule has 0 radical (unpaired) electrons. The molecule has 0 aliphatic carbocycles. The molecule has 1 saturated heterocycles. The molecular weight excluding hydrogens is 352 g/mol. The van der Waals surface area contributed by atoms with E-state index in [9.17, 15) is 14.4 Å². The molecule has 0 aromatic heterocycles. The molecule has 8 nitrogen and oxygen atoms in total. The summed E-state index contributed by atoms with van der Waals surface area (Å²) in [5.74, 6) is -1.02. The summed E-state index contributed by atoms with van der Waals surface area (Å²) < 4.78 is 15.1. The van der Waals surface area contributed by atoms with Crippen LogP contribution in [0.5, 0.6) is 0 Å². The average molecular weight is 378 g/mol. The van der Waals surface area contributed by atoms with Crippen LogP contribution in [-0.2, 0) is 30.4 Å². The number of hydrogen-bond donors (Lipinski definition) is 2. The van der Waals surface area contributed by atoms with E-state index >= 15 is 0 Å². The van der Waals surface area contributed by atoms with Gasteiger partial charge in [-0.3, -0.25) is 4.79 Å². The summed E-state index contributed by atoms with van der Waals surface area (Å²) in [6, 6.07) is 9.30. The number of esters is 1. The van der Waals surface area contributed by atoms with Crippen molar-refractivity contribution in [2.45, 2.75) is 58.1 Å². The lowest BCUT2D eigenvalue weighted by Crippen LogP contribution is -2.49. The molecule has 2 N–H and O–H groups in total. The van der Waals surface area contributed by atoms with Crippen molar-refractivity contribution in [1.29, 1.82) is 0 Å². The Morgan fingerprint density at radius 2 is 1.81 bits per heavy atom. The molecule has 27 heavy (non-hydrogen) atoms. The predicted molar refractivity (Wildman–Crippen MR) is 96.5 cm³/mol. The quantitative estimate of drug-likeness (QED) is 0.366. The number of rotatable bonds is 10. The Hall–Kier alpha value is -2.61. The molecule has 3 atom stereocenters. The number of carbonyl (C=O) groups excluding carboxylic acids is 3. The summed E-state index contributed by atoms with van der Waals surface area (Å²) in [6.07, 6.45) is -0.738. The molecule has 0 bridgehead atoms. The van der Waals surface area contributed by atoms with E-state index in [4.69, 9.17) is 14.2 Å². The first-order valence-corrected chi connectivity index (χ1v) is 9.14. The van der Waals surface area contributed by atoms with Crippen molar-refractivity contribution in [1.82, 2.24) is 10.6 Å². The highest BCUT2D eigenvalue weighted by Crippen LogP contribution is 2.23. The van der Waals surface area contributed by atoms with Gasteiger partial charge in [0.2, 0.25) is 0 Å². The first-order valence-electron chi connectivity index (χ1n) is 9.14. The van der Waals surface area contributed by atoms with Gasteiger partial charge in [-0.25, -0.2) is 9.59 Å². The molecule has 148 valence electrons. The Morgan fingerprint density at radius 3 is 2.48 bits per heavy atom. The van der Waals surface area contributed by atoms with Gasteiger partial charge in [-0.1, -0.05) is 43.7 Å². The van der Waals surface area contributed by atoms with E-state index in [1.807, 2.05) is 37.3 Å². The third-order valence-corrected chi connectivity index (χ3v) is 3.94. The topological polar surface area (TPSA) is 106 Å². The zero-order valence-electron chi connectivity index (χ0n) is 15.6. The maximum atomic E-state index is 12.2. The second-order valence-electron chi connectivity index (χ2n) is 6.14. The summed E-state index contributed by atoms with van der Waals surface area (Å²) in [6.45, 7) is 4.05. The average Bonchev–Trinajstić information content (AvgIpc) is 3.46. The summed E-state index contributed by atoms with van der Waals surface area (Å²) in [5, 5.41) is 5.33. The molecule has 3 unspecified atom stereocenters. The van der Waals surface area contributed by atoms with Crippen LogP contribution in [0.25, 0.3) is 0 Å². The van der Waals surface area contributed by atoms with Crippen LogP contribution in [0.2, 0.25) is 0 Å². The number of amides is 2. The first kappa shape index (κ1) is 20.7. The SMILES string of the molecule is CCCCC(NC(=O)OCc1ccccc1)NC(=O)C1OC1C(=O)OCC. The number of carbonyl (C=O) groups is 3. The molecule has 0 saturated carbocycles. The zero-order chi connectivity index (χ0) is 19.6. The number of hydrogen-bond acceptors (Lipinski definition) is 6. The lowest BCUT2D eigenvalue weighted by molar-refractivity contribution is -0.144. The van der Waals surface area contributed by atoms with Crippen LogP contribution in [0.4, 0.5) is 4.79 Å². The fourth-order valence-electron chi connectivity index (χ4n) is 2.46. The maximum Gasteiger partial charge on any atom is 0.409 e. The van der Waals surface area contributed by atoms with Crippen molar-refractivity contribution < 1.29 is 28.6 Å². The summed E-state index contributed by atoms with van der Waals surface area (Å²) in [5.41, 5.74) is 0.866. The minimum Gasteiger partial charge on any atom is -0.464 e. The van der Waals surface area contributed by atoms with E-state index in [1.54, 1.807) is 6.92 Å². The minimum absolute atomic E-state index is 0.137. The van der Waals surface area contributed by atoms with E-state index in [0.717, 1.165) is 18.4 Å². The monoisotopic (exact) mass is 378 g/mol. The first-order chi connectivity index (χ1) is 13.0. The van der Waals surface area contributed by atoms with Crippen LogP contribution in [0.15, 0.2) is 30.3 Å². The van der Waals surface area contributed by atoms with Gasteiger partial charge in [0.1, 0.15) is 12.8 Å². The number of nitrogens with one attached hydrogen (secondary N) is 2. The van der Waals surface area contributed by atoms with Crippen LogP contribution in [0, 0.1) is 0 Å². The molecular formula is C19H26N2O6. The van der Waals surface area contributed by atoms with Gasteiger partial charge in [0.15, 0.2) is 12.2 Å². The van der Waals surface area contributed by atoms with E-state index in [2.05, 4.69) is 10.6 Å². The molecule has 1 heterocycles. The molecule has 2 amide bonds. The lowest BCUT2D eigenvalue weighted by Gasteiger charge is -2.19. The summed E-state index contributed by atoms with van der Waals surface area (Å²) in [7, 11) is 0. The fourth-order valence-corrected chi connectivity index (χ4v) is 2.46. The predicted octanol–water partition coefficient (Wildman–Crippen LogP) is 1.88. The van der Waals surface area contributed by atoms with E-state index < -0.39 is 36.3 Å². The Labute approximate surface area is 158 Å². The van der Waals surface area contributed by atoms with Crippen molar-refractivity contribution in [2.24, 2.45) is 0 Å². The number of benzene rings is 1. The van der Waals surface area contributed by atoms with Crippen LogP contribution in [-0.4, -0.2) is 43.0 Å². The highest BCUT2D eigenvalue weighted by atomic mass is 16.6. The van der Waals surface area contributed by atoms with Crippen molar-refractivity contribution >= 4 is 18.0 Å². The van der Waals surface area contributed by atoms with E-state index in [1.165, 1.54) is 0 Å². The highest BCUT2D eigenvalue weighted by Gasteiger charge is 2.51. The highest BCUT2D eigenvalue weighted by molar-refractivity contribution is 5.93. The van der Waals surface area contributed by atoms with Gasteiger partial charge in [0.05, 0.1) is 6.61 Å². The molecule has 1 fully saturated rings. The fraction of sp³-hybridized carbons (Fsp3) is 0.526. The number of unbranched alkanes of at least 4 members (excludes halogenated alkanes) is 1. The minimum atomic E-state index is -0.879. The summed E-state index contributed by atoms with van der Waals surface area (Å²) >= 11 is 0. The van der Waals surface area contributed by atoms with Crippen molar-refractivity contribution in [3.63, 3.8) is 0 Å². The van der Waals surface area contributed by atoms with Crippen LogP contribution in [0.1, 0.15) is 38.7 Å². The van der Waals surface area contributed by atoms with Gasteiger partial charge in [0, 0.05) is 0 Å². The third-order valence-electron chi connectivity index (χ3n) is 3.94. The molecule has 1 aromatic rings. The molecule has 1 aliphatic heterocycles. The molecule has 1 aliphatic rings. The van der Waals surface area contributed by atoms with Crippen molar-refractivity contribution in [3.05, 3.63) is 35.9 Å².